The predicted octanol–water partition coefficient (Wildman–Crippen LogP) is -0.00890. The van der Waals surface area contributed by atoms with Crippen molar-refractivity contribution in [3.8, 4) is 11.5 Å². The van der Waals surface area contributed by atoms with Gasteiger partial charge in [0, 0.05) is 28.7 Å². The van der Waals surface area contributed by atoms with Crippen molar-refractivity contribution in [3.05, 3.63) is 63.7 Å². The summed E-state index contributed by atoms with van der Waals surface area (Å²) in [6.07, 6.45) is 3.14. The monoisotopic (exact) mass is 778 g/mol. The first kappa shape index (κ1) is 35.5. The van der Waals surface area contributed by atoms with Crippen molar-refractivity contribution in [2.75, 3.05) is 23.2 Å². The van der Waals surface area contributed by atoms with Gasteiger partial charge in [0.25, 0.3) is 11.8 Å². The number of thiazole rings is 1. The van der Waals surface area contributed by atoms with Crippen molar-refractivity contribution >= 4 is 85.1 Å². The van der Waals surface area contributed by atoms with Gasteiger partial charge in [-0.05, 0) is 30.7 Å². The molecule has 1 saturated heterocycles. The fourth-order valence-electron chi connectivity index (χ4n) is 4.97. The summed E-state index contributed by atoms with van der Waals surface area (Å²) in [5.41, 5.74) is 14.1. The van der Waals surface area contributed by atoms with Crippen LogP contribution in [-0.2, 0) is 29.1 Å². The van der Waals surface area contributed by atoms with Crippen LogP contribution in [0.2, 0.25) is 0 Å². The molecule has 4 amide bonds. The third-order valence-corrected chi connectivity index (χ3v) is 11.8. The lowest BCUT2D eigenvalue weighted by Gasteiger charge is -2.49. The molecule has 0 aliphatic carbocycles. The normalized spacial score (nSPS) is 20.2. The number of carboxylic acid groups (broad SMARTS) is 1. The number of carbonyl (C=O) groups excluding carboxylic acids is 3. The highest BCUT2D eigenvalue weighted by atomic mass is 32.2. The number of fused-ring (bicyclic) bond motifs is 2. The topological polar surface area (TPSA) is 296 Å². The molecule has 20 nitrogen and oxygen atoms in total. The van der Waals surface area contributed by atoms with Crippen LogP contribution in [0.5, 0.6) is 11.5 Å². The maximum Gasteiger partial charge on any atom is 0.352 e. The van der Waals surface area contributed by atoms with E-state index in [-0.39, 0.29) is 28.0 Å². The van der Waals surface area contributed by atoms with Gasteiger partial charge in [0.1, 0.15) is 22.8 Å². The quantitative estimate of drug-likeness (QED) is 0.0683. The van der Waals surface area contributed by atoms with Crippen molar-refractivity contribution in [2.24, 2.45) is 15.9 Å². The van der Waals surface area contributed by atoms with Gasteiger partial charge in [-0.3, -0.25) is 14.5 Å². The number of amides is 4. The minimum absolute atomic E-state index is 0.0532. The summed E-state index contributed by atoms with van der Waals surface area (Å²) in [5, 5.41) is 39.2. The fourth-order valence-corrected chi connectivity index (χ4v) is 8.96. The molecule has 0 radical (unpaired) electrons. The van der Waals surface area contributed by atoms with Gasteiger partial charge in [0.05, 0.1) is 16.1 Å². The lowest BCUT2D eigenvalue weighted by Crippen LogP contribution is -2.71. The first-order valence-electron chi connectivity index (χ1n) is 14.3. The number of aliphatic imine (C=N–C) groups is 1. The third-order valence-electron chi connectivity index (χ3n) is 7.34. The summed E-state index contributed by atoms with van der Waals surface area (Å²) in [7, 11) is -4.22. The molecular formula is C27H26N10O10S4. The lowest BCUT2D eigenvalue weighted by atomic mass is 10.0. The second-order valence-electron chi connectivity index (χ2n) is 10.8. The Bertz CT molecular complexity index is 2130. The lowest BCUT2D eigenvalue weighted by molar-refractivity contribution is -0.150. The number of nitrogens with one attached hydrogen (secondary N) is 2. The summed E-state index contributed by atoms with van der Waals surface area (Å²) >= 11 is 3.42. The van der Waals surface area contributed by atoms with Gasteiger partial charge in [-0.15, -0.1) is 40.4 Å². The number of rotatable bonds is 11. The van der Waals surface area contributed by atoms with E-state index in [9.17, 15) is 42.9 Å². The number of nitrogens with two attached hydrogens (primary N) is 2. The van der Waals surface area contributed by atoms with Gasteiger partial charge in [0.15, 0.2) is 28.2 Å². The number of hydrogen-bond acceptors (Lipinski definition) is 18. The summed E-state index contributed by atoms with van der Waals surface area (Å²) in [4.78, 5) is 65.0. The van der Waals surface area contributed by atoms with E-state index in [4.69, 9.17) is 16.3 Å². The molecule has 9 N–H and O–H groups in total. The maximum atomic E-state index is 13.4. The standard InChI is InChI=1S/C27H26N10O10S4/c1-11-4-18(37-17(30-11)6-35(34-37)27(29)44)48-7-12-8-49-24-20(23(41)36(24)21(12)25(42)43)32-22(40)19(14-9-50-26(28)31-14)33-47-10-51(45,46)13-2-3-15(38)16(39)5-13/h2-6,9,20,24,34,38-39H,7-8,10H2,1H3,(H2,28,31)(H2,29,44)(H,32,40)(H,42,43)/b33-19-/t20-,24-/m1/s1. The van der Waals surface area contributed by atoms with Gasteiger partial charge >= 0.3 is 12.0 Å². The molecule has 1 aromatic carbocycles. The van der Waals surface area contributed by atoms with Crippen molar-refractivity contribution < 1.29 is 47.8 Å². The second-order valence-corrected chi connectivity index (χ2v) is 15.7. The number of hydrogen-bond donors (Lipinski definition) is 7. The molecule has 0 unspecified atom stereocenters. The third kappa shape index (κ3) is 7.03. The van der Waals surface area contributed by atoms with E-state index in [0.29, 0.717) is 22.1 Å². The van der Waals surface area contributed by atoms with Crippen molar-refractivity contribution in [3.63, 3.8) is 0 Å². The molecule has 0 bridgehead atoms. The van der Waals surface area contributed by atoms with Crippen LogP contribution in [0, 0.1) is 0 Å². The van der Waals surface area contributed by atoms with Crippen molar-refractivity contribution in [1.82, 2.24) is 30.8 Å². The number of nitrogen functional groups attached to an aromatic ring is 1. The number of phenolic OH excluding ortho intramolecular Hbond substituents is 2. The average Bonchev–Trinajstić information content (AvgIpc) is 3.71. The largest absolute Gasteiger partial charge is 0.504 e. The first-order chi connectivity index (χ1) is 24.1. The number of carbonyl (C=O) groups is 4. The number of phenols is 2. The van der Waals surface area contributed by atoms with E-state index in [1.165, 1.54) is 40.1 Å². The Morgan fingerprint density at radius 2 is 2.02 bits per heavy atom. The van der Waals surface area contributed by atoms with E-state index in [1.54, 1.807) is 13.0 Å². The number of oxime groups is 1. The van der Waals surface area contributed by atoms with Crippen LogP contribution in [0.25, 0.3) is 0 Å². The van der Waals surface area contributed by atoms with E-state index in [1.807, 2.05) is 0 Å². The number of aromatic hydroxyl groups is 2. The Morgan fingerprint density at radius 1 is 1.25 bits per heavy atom. The predicted molar refractivity (Wildman–Crippen MR) is 184 cm³/mol. The smallest absolute Gasteiger partial charge is 0.352 e. The Balaban J connectivity index is 1.15. The molecule has 5 heterocycles. The molecular weight excluding hydrogens is 753 g/mol. The number of β-lactam (4-membered cyclic amide) rings is 1. The Labute approximate surface area is 300 Å². The minimum atomic E-state index is -4.22. The maximum absolute atomic E-state index is 13.4. The number of primary amides is 1. The number of thioether (sulfide) groups is 2. The summed E-state index contributed by atoms with van der Waals surface area (Å²) in [6, 6.07) is 0.870. The highest BCUT2D eigenvalue weighted by Crippen LogP contribution is 2.42. The number of aliphatic carboxylic acids is 1. The highest BCUT2D eigenvalue weighted by molar-refractivity contribution is 8.03. The van der Waals surface area contributed by atoms with E-state index in [0.717, 1.165) is 39.4 Å². The van der Waals surface area contributed by atoms with Gasteiger partial charge < -0.3 is 36.9 Å². The zero-order valence-corrected chi connectivity index (χ0v) is 29.2. The average molecular weight is 779 g/mol. The molecule has 2 aromatic rings. The minimum Gasteiger partial charge on any atom is -0.504 e. The number of benzene rings is 1. The molecule has 0 spiro atoms. The molecule has 268 valence electrons. The fraction of sp³-hybridized carbons (Fsp3) is 0.222. The number of urea groups is 1. The van der Waals surface area contributed by atoms with Crippen molar-refractivity contribution in [1.29, 1.82) is 0 Å². The Kier molecular flexibility index (Phi) is 9.60. The number of hydrazine groups is 2. The summed E-state index contributed by atoms with van der Waals surface area (Å²) in [6.45, 7) is 1.75. The number of allylic oxidation sites excluding steroid dienone is 1. The van der Waals surface area contributed by atoms with E-state index in [2.05, 4.69) is 26.0 Å². The molecule has 4 aliphatic heterocycles. The van der Waals surface area contributed by atoms with Crippen LogP contribution in [0.4, 0.5) is 9.93 Å². The van der Waals surface area contributed by atoms with Crippen molar-refractivity contribution in [2.45, 2.75) is 23.2 Å². The Hall–Kier alpha value is -5.30. The number of sulfone groups is 1. The second kappa shape index (κ2) is 13.8. The number of carboxylic acids is 1. The zero-order chi connectivity index (χ0) is 36.8. The Morgan fingerprint density at radius 3 is 2.69 bits per heavy atom. The van der Waals surface area contributed by atoms with Gasteiger partial charge in [0.2, 0.25) is 15.8 Å². The molecule has 24 heteroatoms. The van der Waals surface area contributed by atoms with Crippen LogP contribution in [0.1, 0.15) is 12.6 Å². The van der Waals surface area contributed by atoms with Gasteiger partial charge in [-0.25, -0.2) is 38.0 Å². The van der Waals surface area contributed by atoms with Crippen LogP contribution in [0.3, 0.4) is 0 Å². The van der Waals surface area contributed by atoms with Crippen LogP contribution in [-0.4, -0.2) is 108 Å². The number of nitrogens with zero attached hydrogens (tertiary/aromatic N) is 6. The highest BCUT2D eigenvalue weighted by Gasteiger charge is 2.54. The van der Waals surface area contributed by atoms with Crippen LogP contribution >= 0.6 is 34.9 Å². The molecule has 51 heavy (non-hydrogen) atoms. The van der Waals surface area contributed by atoms with E-state index >= 15 is 0 Å². The van der Waals surface area contributed by atoms with E-state index < -0.39 is 73.1 Å². The van der Waals surface area contributed by atoms with Gasteiger partial charge in [-0.2, -0.15) is 0 Å². The number of anilines is 1. The SMILES string of the molecule is CC1=NC2=CN(C(N)=O)NN2C(SCC2=C(C(=O)O)N3C(=O)[C@@H](NC(=O)/C(=N\OCS(=O)(=O)c4ccc(O)c(O)c4)c4csc(N)n4)[C@H]3SC2)=C1. The molecule has 0 saturated carbocycles. The van der Waals surface area contributed by atoms with Gasteiger partial charge in [-0.1, -0.05) is 5.16 Å². The molecule has 1 fully saturated rings. The molecule has 1 aromatic heterocycles. The molecule has 4 aliphatic rings. The summed E-state index contributed by atoms with van der Waals surface area (Å²) in [5.74, 6) is -4.59. The summed E-state index contributed by atoms with van der Waals surface area (Å²) < 4.78 is 25.4. The van der Waals surface area contributed by atoms with Crippen LogP contribution in [0.15, 0.2) is 73.0 Å². The first-order valence-corrected chi connectivity index (χ1v) is 18.8. The zero-order valence-electron chi connectivity index (χ0n) is 25.9. The molecule has 6 rings (SSSR count). The molecule has 2 atom stereocenters. The van der Waals surface area contributed by atoms with Crippen LogP contribution < -0.4 is 22.3 Å². The number of aromatic nitrogens is 1.